The molecule has 1 N–H and O–H groups in total. The summed E-state index contributed by atoms with van der Waals surface area (Å²) in [6.45, 7) is -0.557. The zero-order valence-corrected chi connectivity index (χ0v) is 8.22. The molecule has 0 aromatic heterocycles. The van der Waals surface area contributed by atoms with Crippen LogP contribution in [0.25, 0.3) is 0 Å². The number of carboxylic acids is 1. The summed E-state index contributed by atoms with van der Waals surface area (Å²) in [6, 6.07) is 4.81. The van der Waals surface area contributed by atoms with Crippen LogP contribution in [-0.4, -0.2) is 11.1 Å². The van der Waals surface area contributed by atoms with Gasteiger partial charge in [0.15, 0.2) is 0 Å². The van der Waals surface area contributed by atoms with Crippen LogP contribution in [0.2, 0.25) is 5.02 Å². The number of hydrogen-bond donors (Lipinski definition) is 1. The molecule has 0 aliphatic rings. The topological polar surface area (TPSA) is 37.3 Å². The highest BCUT2D eigenvalue weighted by Crippen LogP contribution is 2.19. The largest absolute Gasteiger partial charge is 0.481 e. The number of benzene rings is 1. The van der Waals surface area contributed by atoms with E-state index in [9.17, 15) is 9.18 Å². The van der Waals surface area contributed by atoms with Crippen molar-refractivity contribution in [2.45, 2.75) is 19.5 Å². The van der Waals surface area contributed by atoms with Crippen LogP contribution < -0.4 is 0 Å². The molecule has 0 unspecified atom stereocenters. The number of alkyl halides is 1. The lowest BCUT2D eigenvalue weighted by Gasteiger charge is -2.03. The minimum atomic E-state index is -0.865. The molecule has 0 saturated carbocycles. The van der Waals surface area contributed by atoms with E-state index >= 15 is 0 Å². The van der Waals surface area contributed by atoms with Crippen LogP contribution in [0.3, 0.4) is 0 Å². The Morgan fingerprint density at radius 2 is 2.21 bits per heavy atom. The lowest BCUT2D eigenvalue weighted by molar-refractivity contribution is -0.136. The lowest BCUT2D eigenvalue weighted by Crippen LogP contribution is -1.98. The monoisotopic (exact) mass is 216 g/mol. The third-order valence-electron chi connectivity index (χ3n) is 1.88. The van der Waals surface area contributed by atoms with E-state index in [1.54, 1.807) is 12.1 Å². The lowest BCUT2D eigenvalue weighted by atomic mass is 10.1. The minimum absolute atomic E-state index is 0.0364. The van der Waals surface area contributed by atoms with Gasteiger partial charge in [0.05, 0.1) is 0 Å². The normalized spacial score (nSPS) is 10.1. The van der Waals surface area contributed by atoms with Gasteiger partial charge in [0.25, 0.3) is 0 Å². The summed E-state index contributed by atoms with van der Waals surface area (Å²) in [7, 11) is 0. The van der Waals surface area contributed by atoms with Gasteiger partial charge in [-0.3, -0.25) is 4.79 Å². The van der Waals surface area contributed by atoms with Crippen LogP contribution in [-0.2, 0) is 17.9 Å². The Kier molecular flexibility index (Phi) is 3.89. The first-order valence-corrected chi connectivity index (χ1v) is 4.56. The van der Waals surface area contributed by atoms with Gasteiger partial charge in [-0.2, -0.15) is 0 Å². The number of hydrogen-bond acceptors (Lipinski definition) is 1. The van der Waals surface area contributed by atoms with Crippen molar-refractivity contribution in [3.8, 4) is 0 Å². The number of aryl methyl sites for hydroxylation is 1. The predicted octanol–water partition coefficient (Wildman–Crippen LogP) is 2.83. The van der Waals surface area contributed by atoms with E-state index in [1.807, 2.05) is 0 Å². The summed E-state index contributed by atoms with van der Waals surface area (Å²) in [5, 5.41) is 8.90. The van der Waals surface area contributed by atoms with Gasteiger partial charge in [-0.25, -0.2) is 4.39 Å². The van der Waals surface area contributed by atoms with Crippen LogP contribution in [0.15, 0.2) is 18.2 Å². The summed E-state index contributed by atoms with van der Waals surface area (Å²) < 4.78 is 12.2. The first kappa shape index (κ1) is 11.0. The molecule has 0 saturated heterocycles. The van der Waals surface area contributed by atoms with E-state index in [-0.39, 0.29) is 6.42 Å². The molecule has 0 bridgehead atoms. The summed E-state index contributed by atoms with van der Waals surface area (Å²) in [5.41, 5.74) is 1.25. The summed E-state index contributed by atoms with van der Waals surface area (Å²) in [6.07, 6.45) is 0.412. The van der Waals surface area contributed by atoms with Gasteiger partial charge in [-0.15, -0.1) is 0 Å². The van der Waals surface area contributed by atoms with E-state index in [4.69, 9.17) is 16.7 Å². The molecular weight excluding hydrogens is 207 g/mol. The van der Waals surface area contributed by atoms with Crippen LogP contribution in [0.5, 0.6) is 0 Å². The molecule has 0 aliphatic heterocycles. The van der Waals surface area contributed by atoms with E-state index in [0.29, 0.717) is 17.0 Å². The quantitative estimate of drug-likeness (QED) is 0.841. The first-order valence-electron chi connectivity index (χ1n) is 4.18. The van der Waals surface area contributed by atoms with E-state index in [2.05, 4.69) is 0 Å². The zero-order valence-electron chi connectivity index (χ0n) is 7.46. The average Bonchev–Trinajstić information content (AvgIpc) is 2.15. The molecule has 76 valence electrons. The summed E-state index contributed by atoms with van der Waals surface area (Å²) in [4.78, 5) is 10.3. The van der Waals surface area contributed by atoms with E-state index in [0.717, 1.165) is 5.56 Å². The number of rotatable bonds is 4. The molecule has 1 aromatic rings. The second kappa shape index (κ2) is 4.96. The van der Waals surface area contributed by atoms with Gasteiger partial charge in [0.1, 0.15) is 6.67 Å². The van der Waals surface area contributed by atoms with Crippen LogP contribution >= 0.6 is 11.6 Å². The molecule has 0 spiro atoms. The fourth-order valence-electron chi connectivity index (χ4n) is 1.12. The van der Waals surface area contributed by atoms with Gasteiger partial charge < -0.3 is 5.11 Å². The first-order chi connectivity index (χ1) is 6.63. The number of halogens is 2. The maximum atomic E-state index is 12.2. The third-order valence-corrected chi connectivity index (χ3v) is 2.23. The Bertz CT molecular complexity index is 339. The second-order valence-corrected chi connectivity index (χ2v) is 3.36. The summed E-state index contributed by atoms with van der Waals surface area (Å²) >= 11 is 5.83. The highest BCUT2D eigenvalue weighted by atomic mass is 35.5. The standard InChI is InChI=1S/C10H10ClFO2/c11-9-5-7(6-12)1-2-8(9)3-4-10(13)14/h1-2,5H,3-4,6H2,(H,13,14). The second-order valence-electron chi connectivity index (χ2n) is 2.95. The van der Waals surface area contributed by atoms with Gasteiger partial charge >= 0.3 is 5.97 Å². The van der Waals surface area contributed by atoms with Gasteiger partial charge in [0, 0.05) is 11.4 Å². The smallest absolute Gasteiger partial charge is 0.303 e. The number of aliphatic carboxylic acids is 1. The van der Waals surface area contributed by atoms with Crippen molar-refractivity contribution in [3.05, 3.63) is 34.3 Å². The van der Waals surface area contributed by atoms with Crippen molar-refractivity contribution in [2.24, 2.45) is 0 Å². The highest BCUT2D eigenvalue weighted by Gasteiger charge is 2.04. The van der Waals surface area contributed by atoms with Crippen molar-refractivity contribution < 1.29 is 14.3 Å². The molecular formula is C10H10ClFO2. The molecule has 14 heavy (non-hydrogen) atoms. The van der Waals surface area contributed by atoms with Crippen molar-refractivity contribution in [2.75, 3.05) is 0 Å². The number of carbonyl (C=O) groups is 1. The Morgan fingerprint density at radius 3 is 2.71 bits per heavy atom. The Labute approximate surface area is 86.3 Å². The molecule has 1 rings (SSSR count). The van der Waals surface area contributed by atoms with Crippen molar-refractivity contribution >= 4 is 17.6 Å². The van der Waals surface area contributed by atoms with E-state index < -0.39 is 12.6 Å². The number of carboxylic acid groups (broad SMARTS) is 1. The summed E-state index contributed by atoms with van der Waals surface area (Å²) in [5.74, 6) is -0.865. The molecule has 1 aromatic carbocycles. The van der Waals surface area contributed by atoms with Crippen molar-refractivity contribution in [1.82, 2.24) is 0 Å². The van der Waals surface area contributed by atoms with Gasteiger partial charge in [0.2, 0.25) is 0 Å². The predicted molar refractivity (Wildman–Crippen MR) is 52.2 cm³/mol. The molecule has 0 amide bonds. The zero-order chi connectivity index (χ0) is 10.6. The van der Waals surface area contributed by atoms with Crippen LogP contribution in [0, 0.1) is 0 Å². The molecule has 0 radical (unpaired) electrons. The Morgan fingerprint density at radius 1 is 1.50 bits per heavy atom. The minimum Gasteiger partial charge on any atom is -0.481 e. The molecule has 4 heteroatoms. The maximum Gasteiger partial charge on any atom is 0.303 e. The SMILES string of the molecule is O=C(O)CCc1ccc(CF)cc1Cl. The fraction of sp³-hybridized carbons (Fsp3) is 0.300. The molecule has 0 aliphatic carbocycles. The molecule has 2 nitrogen and oxygen atoms in total. The van der Waals surface area contributed by atoms with Gasteiger partial charge in [-0.1, -0.05) is 23.7 Å². The average molecular weight is 217 g/mol. The maximum absolute atomic E-state index is 12.2. The molecule has 0 heterocycles. The highest BCUT2D eigenvalue weighted by molar-refractivity contribution is 6.31. The fourth-order valence-corrected chi connectivity index (χ4v) is 1.42. The third kappa shape index (κ3) is 3.00. The van der Waals surface area contributed by atoms with Gasteiger partial charge in [-0.05, 0) is 23.6 Å². The van der Waals surface area contributed by atoms with Crippen molar-refractivity contribution in [1.29, 1.82) is 0 Å². The molecule has 0 atom stereocenters. The van der Waals surface area contributed by atoms with Crippen LogP contribution in [0.4, 0.5) is 4.39 Å². The Hall–Kier alpha value is -1.09. The Balaban J connectivity index is 2.73. The van der Waals surface area contributed by atoms with Crippen molar-refractivity contribution in [3.63, 3.8) is 0 Å². The molecule has 0 fully saturated rings. The van der Waals surface area contributed by atoms with E-state index in [1.165, 1.54) is 6.07 Å². The van der Waals surface area contributed by atoms with Crippen LogP contribution in [0.1, 0.15) is 17.5 Å².